The molecule has 1 amide bonds. The molecule has 4 nitrogen and oxygen atoms in total. The number of carbonyl (C=O) groups is 1. The Morgan fingerprint density at radius 3 is 2.86 bits per heavy atom. The molecule has 0 radical (unpaired) electrons. The van der Waals surface area contributed by atoms with Crippen molar-refractivity contribution in [3.8, 4) is 6.07 Å². The maximum atomic E-state index is 11.7. The van der Waals surface area contributed by atoms with E-state index in [1.807, 2.05) is 6.07 Å². The third kappa shape index (κ3) is 2.07. The molecule has 0 bridgehead atoms. The van der Waals surface area contributed by atoms with Crippen LogP contribution in [0.3, 0.4) is 0 Å². The zero-order valence-corrected chi connectivity index (χ0v) is 8.14. The number of aromatic nitrogens is 1. The molecule has 0 aliphatic carbocycles. The van der Waals surface area contributed by atoms with E-state index in [1.165, 1.54) is 4.90 Å². The SMILES string of the molecule is CC(C#N)N(C)C(=O)c1ccccn1. The van der Waals surface area contributed by atoms with Crippen molar-refractivity contribution in [2.24, 2.45) is 0 Å². The van der Waals surface area contributed by atoms with Gasteiger partial charge in [-0.2, -0.15) is 5.26 Å². The van der Waals surface area contributed by atoms with Crippen LogP contribution in [0.1, 0.15) is 17.4 Å². The number of hydrogen-bond donors (Lipinski definition) is 0. The van der Waals surface area contributed by atoms with E-state index in [9.17, 15) is 4.79 Å². The second-order valence-corrected chi connectivity index (χ2v) is 2.94. The summed E-state index contributed by atoms with van der Waals surface area (Å²) in [5.74, 6) is -0.236. The zero-order valence-electron chi connectivity index (χ0n) is 8.14. The predicted octanol–water partition coefficient (Wildman–Crippen LogP) is 1.07. The van der Waals surface area contributed by atoms with Crippen molar-refractivity contribution in [3.05, 3.63) is 30.1 Å². The van der Waals surface area contributed by atoms with Crippen molar-refractivity contribution >= 4 is 5.91 Å². The molecule has 1 unspecified atom stereocenters. The summed E-state index contributed by atoms with van der Waals surface area (Å²) in [4.78, 5) is 16.9. The van der Waals surface area contributed by atoms with Crippen molar-refractivity contribution in [1.82, 2.24) is 9.88 Å². The van der Waals surface area contributed by atoms with Gasteiger partial charge < -0.3 is 4.90 Å². The normalized spacial score (nSPS) is 11.5. The first-order chi connectivity index (χ1) is 6.66. The van der Waals surface area contributed by atoms with E-state index in [1.54, 1.807) is 38.4 Å². The topological polar surface area (TPSA) is 57.0 Å². The van der Waals surface area contributed by atoms with Crippen LogP contribution in [0.5, 0.6) is 0 Å². The van der Waals surface area contributed by atoms with Gasteiger partial charge in [0.25, 0.3) is 5.91 Å². The molecule has 0 aromatic carbocycles. The summed E-state index contributed by atoms with van der Waals surface area (Å²) < 4.78 is 0. The maximum Gasteiger partial charge on any atom is 0.273 e. The summed E-state index contributed by atoms with van der Waals surface area (Å²) in [7, 11) is 1.59. The fraction of sp³-hybridized carbons (Fsp3) is 0.300. The minimum atomic E-state index is -0.440. The van der Waals surface area contributed by atoms with Crippen molar-refractivity contribution < 1.29 is 4.79 Å². The molecule has 0 aliphatic rings. The summed E-state index contributed by atoms with van der Waals surface area (Å²) >= 11 is 0. The van der Waals surface area contributed by atoms with Gasteiger partial charge in [-0.25, -0.2) is 0 Å². The maximum absolute atomic E-state index is 11.7. The van der Waals surface area contributed by atoms with Crippen LogP contribution in [-0.4, -0.2) is 28.9 Å². The quantitative estimate of drug-likeness (QED) is 0.699. The van der Waals surface area contributed by atoms with E-state index in [0.717, 1.165) is 0 Å². The smallest absolute Gasteiger partial charge is 0.273 e. The van der Waals surface area contributed by atoms with Gasteiger partial charge in [-0.15, -0.1) is 0 Å². The Kier molecular flexibility index (Phi) is 3.19. The molecular formula is C10H11N3O. The van der Waals surface area contributed by atoms with Gasteiger partial charge in [-0.3, -0.25) is 9.78 Å². The Bertz CT molecular complexity index is 355. The van der Waals surface area contributed by atoms with Gasteiger partial charge in [-0.05, 0) is 19.1 Å². The molecule has 1 atom stereocenters. The predicted molar refractivity (Wildman–Crippen MR) is 51.4 cm³/mol. The molecule has 0 saturated heterocycles. The molecule has 14 heavy (non-hydrogen) atoms. The number of rotatable bonds is 2. The number of amides is 1. The molecule has 0 fully saturated rings. The molecule has 0 aliphatic heterocycles. The van der Waals surface area contributed by atoms with Crippen LogP contribution in [0.2, 0.25) is 0 Å². The molecule has 1 aromatic rings. The molecule has 0 spiro atoms. The van der Waals surface area contributed by atoms with Crippen LogP contribution in [0.25, 0.3) is 0 Å². The van der Waals surface area contributed by atoms with E-state index in [-0.39, 0.29) is 5.91 Å². The molecule has 72 valence electrons. The lowest BCUT2D eigenvalue weighted by Crippen LogP contribution is -2.34. The van der Waals surface area contributed by atoms with Crippen LogP contribution < -0.4 is 0 Å². The minimum absolute atomic E-state index is 0.236. The second-order valence-electron chi connectivity index (χ2n) is 2.94. The molecule has 0 N–H and O–H groups in total. The fourth-order valence-electron chi connectivity index (χ4n) is 0.932. The molecule has 1 rings (SSSR count). The van der Waals surface area contributed by atoms with Crippen LogP contribution in [-0.2, 0) is 0 Å². The average molecular weight is 189 g/mol. The summed E-state index contributed by atoms with van der Waals surface area (Å²) in [6, 6.07) is 6.66. The first-order valence-electron chi connectivity index (χ1n) is 4.24. The standard InChI is InChI=1S/C10H11N3O/c1-8(7-11)13(2)10(14)9-5-3-4-6-12-9/h3-6,8H,1-2H3. The third-order valence-corrected chi connectivity index (χ3v) is 1.97. The number of pyridine rings is 1. The second kappa shape index (κ2) is 4.38. The first kappa shape index (κ1) is 10.2. The van der Waals surface area contributed by atoms with Crippen molar-refractivity contribution in [1.29, 1.82) is 5.26 Å². The van der Waals surface area contributed by atoms with E-state index < -0.39 is 6.04 Å². The van der Waals surface area contributed by atoms with Gasteiger partial charge in [0.05, 0.1) is 6.07 Å². The molecule has 1 heterocycles. The summed E-state index contributed by atoms with van der Waals surface area (Å²) in [5.41, 5.74) is 0.358. The third-order valence-electron chi connectivity index (χ3n) is 1.97. The van der Waals surface area contributed by atoms with Crippen LogP contribution in [0.4, 0.5) is 0 Å². The fourth-order valence-corrected chi connectivity index (χ4v) is 0.932. The van der Waals surface area contributed by atoms with Gasteiger partial charge in [0.1, 0.15) is 11.7 Å². The largest absolute Gasteiger partial charge is 0.325 e. The molecular weight excluding hydrogens is 178 g/mol. The van der Waals surface area contributed by atoms with Gasteiger partial charge in [-0.1, -0.05) is 6.07 Å². The lowest BCUT2D eigenvalue weighted by Gasteiger charge is -2.18. The zero-order chi connectivity index (χ0) is 10.6. The highest BCUT2D eigenvalue weighted by Gasteiger charge is 2.17. The monoisotopic (exact) mass is 189 g/mol. The summed E-state index contributed by atoms with van der Waals surface area (Å²) in [6.07, 6.45) is 1.55. The van der Waals surface area contributed by atoms with Gasteiger partial charge in [0.2, 0.25) is 0 Å². The number of hydrogen-bond acceptors (Lipinski definition) is 3. The highest BCUT2D eigenvalue weighted by atomic mass is 16.2. The van der Waals surface area contributed by atoms with E-state index >= 15 is 0 Å². The van der Waals surface area contributed by atoms with Gasteiger partial charge in [0.15, 0.2) is 0 Å². The van der Waals surface area contributed by atoms with E-state index in [0.29, 0.717) is 5.69 Å². The summed E-state index contributed by atoms with van der Waals surface area (Å²) in [5, 5.41) is 8.64. The molecule has 0 saturated carbocycles. The van der Waals surface area contributed by atoms with E-state index in [4.69, 9.17) is 5.26 Å². The Morgan fingerprint density at radius 2 is 2.36 bits per heavy atom. The van der Waals surface area contributed by atoms with Gasteiger partial charge in [0, 0.05) is 13.2 Å². The number of carbonyl (C=O) groups excluding carboxylic acids is 1. The van der Waals surface area contributed by atoms with E-state index in [2.05, 4.69) is 4.98 Å². The summed E-state index contributed by atoms with van der Waals surface area (Å²) in [6.45, 7) is 1.67. The Balaban J connectivity index is 2.82. The highest BCUT2D eigenvalue weighted by Crippen LogP contribution is 2.02. The minimum Gasteiger partial charge on any atom is -0.325 e. The lowest BCUT2D eigenvalue weighted by atomic mass is 10.2. The Hall–Kier alpha value is -1.89. The van der Waals surface area contributed by atoms with Gasteiger partial charge >= 0.3 is 0 Å². The lowest BCUT2D eigenvalue weighted by molar-refractivity contribution is 0.0767. The first-order valence-corrected chi connectivity index (χ1v) is 4.24. The Morgan fingerprint density at radius 1 is 1.64 bits per heavy atom. The Labute approximate surface area is 82.8 Å². The average Bonchev–Trinajstić information content (AvgIpc) is 2.27. The number of nitrogens with zero attached hydrogens (tertiary/aromatic N) is 3. The number of nitriles is 1. The molecule has 1 aromatic heterocycles. The van der Waals surface area contributed by atoms with Crippen LogP contribution >= 0.6 is 0 Å². The van der Waals surface area contributed by atoms with Crippen LogP contribution in [0.15, 0.2) is 24.4 Å². The van der Waals surface area contributed by atoms with Crippen LogP contribution in [0, 0.1) is 11.3 Å². The highest BCUT2D eigenvalue weighted by molar-refractivity contribution is 5.92. The van der Waals surface area contributed by atoms with Crippen molar-refractivity contribution in [3.63, 3.8) is 0 Å². The van der Waals surface area contributed by atoms with Crippen molar-refractivity contribution in [2.75, 3.05) is 7.05 Å². The van der Waals surface area contributed by atoms with Crippen molar-refractivity contribution in [2.45, 2.75) is 13.0 Å². The molecule has 4 heteroatoms.